The number of unbranched alkanes of at least 4 members (excludes halogenated alkanes) is 6. The van der Waals surface area contributed by atoms with Gasteiger partial charge in [-0.15, -0.1) is 0 Å². The van der Waals surface area contributed by atoms with E-state index in [4.69, 9.17) is 0 Å². The van der Waals surface area contributed by atoms with Crippen molar-refractivity contribution in [2.75, 3.05) is 0 Å². The zero-order valence-electron chi connectivity index (χ0n) is 20.1. The van der Waals surface area contributed by atoms with Crippen molar-refractivity contribution in [1.29, 1.82) is 0 Å². The van der Waals surface area contributed by atoms with Gasteiger partial charge in [-0.3, -0.25) is 4.79 Å². The van der Waals surface area contributed by atoms with Crippen LogP contribution in [0.3, 0.4) is 0 Å². The fourth-order valence-electron chi connectivity index (χ4n) is 4.23. The zero-order valence-corrected chi connectivity index (χ0v) is 26.5. The van der Waals surface area contributed by atoms with Crippen LogP contribution in [-0.4, -0.2) is 30.2 Å². The predicted molar refractivity (Wildman–Crippen MR) is 162 cm³/mol. The summed E-state index contributed by atoms with van der Waals surface area (Å²) in [5.74, 6) is 0.156. The number of hydrogen-bond acceptors (Lipinski definition) is 2. The quantitative estimate of drug-likeness (QED) is 0.100. The van der Waals surface area contributed by atoms with Gasteiger partial charge >= 0.3 is 0 Å². The minimum Gasteiger partial charge on any atom is -0.507 e. The third kappa shape index (κ3) is 10.2. The Hall–Kier alpha value is 0.0900. The number of carbonyl (C=O) groups excluding carboxylic acids is 1. The van der Waals surface area contributed by atoms with Crippen LogP contribution in [0.4, 0.5) is 0 Å². The molecule has 1 N–H and O–H groups in total. The average molecular weight is 726 g/mol. The van der Waals surface area contributed by atoms with Gasteiger partial charge in [0.25, 0.3) is 0 Å². The second-order valence-corrected chi connectivity index (χ2v) is 13.9. The molecular formula is C28H38Br4O2. The van der Waals surface area contributed by atoms with Crippen molar-refractivity contribution in [2.45, 2.75) is 103 Å². The van der Waals surface area contributed by atoms with E-state index >= 15 is 0 Å². The lowest BCUT2D eigenvalue weighted by atomic mass is 9.99. The molecule has 0 unspecified atom stereocenters. The van der Waals surface area contributed by atoms with Gasteiger partial charge in [-0.2, -0.15) is 0 Å². The van der Waals surface area contributed by atoms with Crippen LogP contribution in [-0.2, 0) is 0 Å². The molecular weight excluding hydrogens is 688 g/mol. The molecule has 0 aromatic heterocycles. The summed E-state index contributed by atoms with van der Waals surface area (Å²) in [6.07, 6.45) is 13.3. The van der Waals surface area contributed by atoms with Crippen molar-refractivity contribution in [2.24, 2.45) is 0 Å². The van der Waals surface area contributed by atoms with E-state index < -0.39 is 0 Å². The number of aromatic hydroxyl groups is 1. The summed E-state index contributed by atoms with van der Waals surface area (Å²) in [6, 6.07) is 11.3. The Balaban J connectivity index is 1.60. The zero-order chi connectivity index (χ0) is 24.9. The number of alkyl halides is 4. The highest BCUT2D eigenvalue weighted by molar-refractivity contribution is 9.13. The molecule has 0 saturated carbocycles. The second kappa shape index (κ2) is 16.8. The lowest BCUT2D eigenvalue weighted by Crippen LogP contribution is -2.23. The number of carbonyl (C=O) groups is 1. The van der Waals surface area contributed by atoms with E-state index in [1.165, 1.54) is 38.5 Å². The molecule has 6 heteroatoms. The molecule has 0 saturated heterocycles. The van der Waals surface area contributed by atoms with Crippen LogP contribution in [0.25, 0.3) is 10.8 Å². The summed E-state index contributed by atoms with van der Waals surface area (Å²) in [6.45, 7) is 2.25. The minimum atomic E-state index is 0.0371. The maximum Gasteiger partial charge on any atom is 0.166 e. The van der Waals surface area contributed by atoms with E-state index in [2.05, 4.69) is 70.6 Å². The first-order chi connectivity index (χ1) is 16.3. The number of phenolic OH excluding ortho intramolecular Hbond substituents is 1. The Morgan fingerprint density at radius 1 is 0.765 bits per heavy atom. The van der Waals surface area contributed by atoms with Crippen LogP contribution in [0.5, 0.6) is 5.75 Å². The fourth-order valence-corrected chi connectivity index (χ4v) is 7.15. The molecule has 2 aromatic rings. The van der Waals surface area contributed by atoms with E-state index in [1.54, 1.807) is 6.07 Å². The lowest BCUT2D eigenvalue weighted by Gasteiger charge is -2.23. The third-order valence-corrected chi connectivity index (χ3v) is 12.0. The molecule has 0 aliphatic carbocycles. The third-order valence-electron chi connectivity index (χ3n) is 6.40. The first kappa shape index (κ1) is 30.3. The van der Waals surface area contributed by atoms with Crippen LogP contribution in [0.15, 0.2) is 36.4 Å². The largest absolute Gasteiger partial charge is 0.507 e. The van der Waals surface area contributed by atoms with E-state index in [9.17, 15) is 9.90 Å². The van der Waals surface area contributed by atoms with Crippen molar-refractivity contribution in [3.05, 3.63) is 42.0 Å². The molecule has 0 spiro atoms. The van der Waals surface area contributed by atoms with E-state index in [0.717, 1.165) is 42.9 Å². The first-order valence-corrected chi connectivity index (χ1v) is 16.3. The maximum absolute atomic E-state index is 12.6. The fraction of sp³-hybridized carbons (Fsp3) is 0.607. The number of rotatable bonds is 17. The number of ketones is 1. The molecule has 0 aliphatic heterocycles. The van der Waals surface area contributed by atoms with Crippen molar-refractivity contribution in [3.63, 3.8) is 0 Å². The average Bonchev–Trinajstić information content (AvgIpc) is 2.83. The second-order valence-electron chi connectivity index (χ2n) is 9.21. The Labute approximate surface area is 239 Å². The van der Waals surface area contributed by atoms with Gasteiger partial charge in [0.05, 0.1) is 5.56 Å². The van der Waals surface area contributed by atoms with Crippen LogP contribution in [0.2, 0.25) is 0 Å². The van der Waals surface area contributed by atoms with Gasteiger partial charge < -0.3 is 5.11 Å². The number of Topliss-reactive ketones (excluding diaryl/α,β-unsaturated/α-hetero) is 1. The van der Waals surface area contributed by atoms with Gasteiger partial charge in [0.2, 0.25) is 0 Å². The smallest absolute Gasteiger partial charge is 0.166 e. The monoisotopic (exact) mass is 722 g/mol. The SMILES string of the molecule is CCCCC[C@@H](Br)[C@H](Br)C[C@H](Br)[C@H](Br)CCCCCCCC(=O)c1ccc2ccccc2c1O. The van der Waals surface area contributed by atoms with Crippen molar-refractivity contribution in [3.8, 4) is 5.75 Å². The predicted octanol–water partition coefficient (Wildman–Crippen LogP) is 10.5. The highest BCUT2D eigenvalue weighted by Gasteiger charge is 2.23. The molecule has 0 heterocycles. The summed E-state index contributed by atoms with van der Waals surface area (Å²) in [5, 5.41) is 12.2. The van der Waals surface area contributed by atoms with Crippen LogP contribution < -0.4 is 0 Å². The molecule has 2 aromatic carbocycles. The standard InChI is InChI=1S/C28H38Br4O2/c1-2-3-7-14-23(29)25(31)19-26(32)24(30)15-8-5-4-6-9-16-27(33)22-18-17-20-12-10-11-13-21(20)28(22)34/h10-13,17-18,23-26,34H,2-9,14-16,19H2,1H3/t23-,24-,25-,26+/m1/s1. The van der Waals surface area contributed by atoms with Crippen LogP contribution in [0, 0.1) is 0 Å². The highest BCUT2D eigenvalue weighted by atomic mass is 79.9. The van der Waals surface area contributed by atoms with Gasteiger partial charge in [-0.05, 0) is 37.1 Å². The molecule has 0 radical (unpaired) electrons. The van der Waals surface area contributed by atoms with E-state index in [1.807, 2.05) is 30.3 Å². The first-order valence-electron chi connectivity index (χ1n) is 12.6. The number of hydrogen-bond donors (Lipinski definition) is 1. The van der Waals surface area contributed by atoms with Crippen LogP contribution in [0.1, 0.15) is 94.3 Å². The van der Waals surface area contributed by atoms with Gasteiger partial charge in [-0.25, -0.2) is 0 Å². The summed E-state index contributed by atoms with van der Waals surface area (Å²) in [7, 11) is 0. The molecule has 0 aliphatic rings. The molecule has 4 atom stereocenters. The van der Waals surface area contributed by atoms with Crippen LogP contribution >= 0.6 is 63.7 Å². The van der Waals surface area contributed by atoms with Crippen molar-refractivity contribution < 1.29 is 9.90 Å². The number of halogens is 4. The molecule has 2 nitrogen and oxygen atoms in total. The van der Waals surface area contributed by atoms with E-state index in [0.29, 0.717) is 31.3 Å². The molecule has 2 rings (SSSR count). The lowest BCUT2D eigenvalue weighted by molar-refractivity contribution is 0.0976. The topological polar surface area (TPSA) is 37.3 Å². The number of phenols is 1. The summed E-state index contributed by atoms with van der Waals surface area (Å²) in [4.78, 5) is 14.5. The van der Waals surface area contributed by atoms with E-state index in [-0.39, 0.29) is 11.5 Å². The van der Waals surface area contributed by atoms with Gasteiger partial charge in [0.15, 0.2) is 5.78 Å². The molecule has 34 heavy (non-hydrogen) atoms. The minimum absolute atomic E-state index is 0.0371. The summed E-state index contributed by atoms with van der Waals surface area (Å²) in [5.41, 5.74) is 0.449. The van der Waals surface area contributed by atoms with Gasteiger partial charge in [-0.1, -0.05) is 146 Å². The highest BCUT2D eigenvalue weighted by Crippen LogP contribution is 2.32. The summed E-state index contributed by atoms with van der Waals surface area (Å²) >= 11 is 15.5. The molecule has 0 bridgehead atoms. The van der Waals surface area contributed by atoms with Crippen molar-refractivity contribution in [1.82, 2.24) is 0 Å². The Morgan fingerprint density at radius 3 is 2.03 bits per heavy atom. The maximum atomic E-state index is 12.6. The van der Waals surface area contributed by atoms with Gasteiger partial charge in [0.1, 0.15) is 5.75 Å². The van der Waals surface area contributed by atoms with Crippen molar-refractivity contribution >= 4 is 80.3 Å². The molecule has 0 fully saturated rings. The Morgan fingerprint density at radius 2 is 1.35 bits per heavy atom. The Kier molecular flexibility index (Phi) is 14.9. The summed E-state index contributed by atoms with van der Waals surface area (Å²) < 4.78 is 0. The number of benzene rings is 2. The molecule has 190 valence electrons. The van der Waals surface area contributed by atoms with Gasteiger partial charge in [0, 0.05) is 31.1 Å². The normalized spacial score (nSPS) is 15.2. The Bertz CT molecular complexity index is 873. The number of fused-ring (bicyclic) bond motifs is 1. The molecule has 0 amide bonds.